The quantitative estimate of drug-likeness (QED) is 0.859. The lowest BCUT2D eigenvalue weighted by molar-refractivity contribution is 0.0746. The highest BCUT2D eigenvalue weighted by atomic mass is 16.2. The Bertz CT molecular complexity index is 717. The van der Waals surface area contributed by atoms with Gasteiger partial charge in [-0.3, -0.25) is 4.79 Å². The second-order valence-electron chi connectivity index (χ2n) is 5.36. The molecule has 2 aromatic rings. The number of hydrogen-bond acceptors (Lipinski definition) is 5. The lowest BCUT2D eigenvalue weighted by atomic mass is 10.1. The van der Waals surface area contributed by atoms with Gasteiger partial charge in [0.1, 0.15) is 0 Å². The largest absolute Gasteiger partial charge is 0.337 e. The zero-order chi connectivity index (χ0) is 16.1. The second kappa shape index (κ2) is 6.88. The molecule has 0 saturated carbocycles. The molecule has 1 saturated heterocycles. The van der Waals surface area contributed by atoms with E-state index in [4.69, 9.17) is 5.26 Å². The van der Waals surface area contributed by atoms with Crippen LogP contribution in [0.2, 0.25) is 0 Å². The highest BCUT2D eigenvalue weighted by Gasteiger charge is 2.23. The van der Waals surface area contributed by atoms with Crippen molar-refractivity contribution >= 4 is 11.9 Å². The molecule has 6 heteroatoms. The summed E-state index contributed by atoms with van der Waals surface area (Å²) in [7, 11) is 0. The van der Waals surface area contributed by atoms with Crippen LogP contribution in [-0.4, -0.2) is 47.0 Å². The molecule has 0 N–H and O–H groups in total. The number of hydrogen-bond donors (Lipinski definition) is 0. The van der Waals surface area contributed by atoms with Gasteiger partial charge in [-0.25, -0.2) is 9.97 Å². The average Bonchev–Trinajstić information content (AvgIpc) is 2.62. The predicted molar refractivity (Wildman–Crippen MR) is 85.9 cm³/mol. The molecule has 116 valence electrons. The van der Waals surface area contributed by atoms with Crippen LogP contribution in [0.1, 0.15) is 15.9 Å². The van der Waals surface area contributed by atoms with Crippen molar-refractivity contribution in [3.05, 3.63) is 53.9 Å². The van der Waals surface area contributed by atoms with Crippen molar-refractivity contribution in [1.82, 2.24) is 14.9 Å². The Hall–Kier alpha value is -2.94. The van der Waals surface area contributed by atoms with Crippen LogP contribution in [0.4, 0.5) is 5.95 Å². The van der Waals surface area contributed by atoms with E-state index in [1.807, 2.05) is 17.0 Å². The number of nitriles is 1. The maximum atomic E-state index is 12.6. The summed E-state index contributed by atoms with van der Waals surface area (Å²) >= 11 is 0. The highest BCUT2D eigenvalue weighted by molar-refractivity contribution is 5.94. The molecule has 3 rings (SSSR count). The SMILES string of the molecule is N#CCc1cccc(C(=O)N2CCN(c3ncccn3)CC2)c1. The van der Waals surface area contributed by atoms with Crippen LogP contribution < -0.4 is 4.90 Å². The number of piperazine rings is 1. The topological polar surface area (TPSA) is 73.1 Å². The van der Waals surface area contributed by atoms with Gasteiger partial charge in [-0.1, -0.05) is 12.1 Å². The first-order chi connectivity index (χ1) is 11.3. The van der Waals surface area contributed by atoms with Gasteiger partial charge in [0, 0.05) is 44.1 Å². The lowest BCUT2D eigenvalue weighted by Gasteiger charge is -2.34. The number of nitrogens with zero attached hydrogens (tertiary/aromatic N) is 5. The highest BCUT2D eigenvalue weighted by Crippen LogP contribution is 2.14. The maximum Gasteiger partial charge on any atom is 0.253 e. The van der Waals surface area contributed by atoms with E-state index in [9.17, 15) is 4.79 Å². The first kappa shape index (κ1) is 15.0. The molecular formula is C17H17N5O. The molecule has 1 aliphatic heterocycles. The number of anilines is 1. The van der Waals surface area contributed by atoms with Crippen LogP contribution in [-0.2, 0) is 6.42 Å². The zero-order valence-electron chi connectivity index (χ0n) is 12.7. The molecule has 1 aliphatic rings. The molecule has 23 heavy (non-hydrogen) atoms. The molecule has 1 aromatic carbocycles. The smallest absolute Gasteiger partial charge is 0.253 e. The van der Waals surface area contributed by atoms with Crippen molar-refractivity contribution in [2.24, 2.45) is 0 Å². The summed E-state index contributed by atoms with van der Waals surface area (Å²) in [4.78, 5) is 25.0. The maximum absolute atomic E-state index is 12.6. The van der Waals surface area contributed by atoms with Gasteiger partial charge >= 0.3 is 0 Å². The molecule has 6 nitrogen and oxygen atoms in total. The van der Waals surface area contributed by atoms with Crippen LogP contribution in [0.3, 0.4) is 0 Å². The number of benzene rings is 1. The first-order valence-corrected chi connectivity index (χ1v) is 7.55. The molecule has 0 atom stereocenters. The molecule has 2 heterocycles. The lowest BCUT2D eigenvalue weighted by Crippen LogP contribution is -2.49. The van der Waals surface area contributed by atoms with E-state index in [0.717, 1.165) is 5.56 Å². The van der Waals surface area contributed by atoms with E-state index >= 15 is 0 Å². The monoisotopic (exact) mass is 307 g/mol. The third kappa shape index (κ3) is 3.46. The van der Waals surface area contributed by atoms with E-state index in [1.165, 1.54) is 0 Å². The number of carbonyl (C=O) groups is 1. The summed E-state index contributed by atoms with van der Waals surface area (Å²) in [5.74, 6) is 0.717. The van der Waals surface area contributed by atoms with Gasteiger partial charge in [-0.2, -0.15) is 5.26 Å². The summed E-state index contributed by atoms with van der Waals surface area (Å²) in [5.41, 5.74) is 1.51. The molecular weight excluding hydrogens is 290 g/mol. The Morgan fingerprint density at radius 3 is 2.57 bits per heavy atom. The van der Waals surface area contributed by atoms with E-state index in [1.54, 1.807) is 30.6 Å². The van der Waals surface area contributed by atoms with E-state index in [2.05, 4.69) is 20.9 Å². The normalized spacial score (nSPS) is 14.4. The van der Waals surface area contributed by atoms with E-state index < -0.39 is 0 Å². The van der Waals surface area contributed by atoms with Crippen LogP contribution in [0.15, 0.2) is 42.7 Å². The van der Waals surface area contributed by atoms with Gasteiger partial charge in [0.2, 0.25) is 5.95 Å². The molecule has 1 amide bonds. The summed E-state index contributed by atoms with van der Waals surface area (Å²) in [6, 6.07) is 11.2. The van der Waals surface area contributed by atoms with Crippen molar-refractivity contribution in [3.63, 3.8) is 0 Å². The van der Waals surface area contributed by atoms with E-state index in [-0.39, 0.29) is 5.91 Å². The third-order valence-electron chi connectivity index (χ3n) is 3.86. The minimum Gasteiger partial charge on any atom is -0.337 e. The Morgan fingerprint density at radius 1 is 1.13 bits per heavy atom. The zero-order valence-corrected chi connectivity index (χ0v) is 12.7. The minimum atomic E-state index is 0.0124. The van der Waals surface area contributed by atoms with Crippen molar-refractivity contribution in [1.29, 1.82) is 5.26 Å². The molecule has 1 fully saturated rings. The van der Waals surface area contributed by atoms with Crippen molar-refractivity contribution in [2.75, 3.05) is 31.1 Å². The number of rotatable bonds is 3. The van der Waals surface area contributed by atoms with Crippen LogP contribution in [0.25, 0.3) is 0 Å². The van der Waals surface area contributed by atoms with E-state index in [0.29, 0.717) is 44.1 Å². The first-order valence-electron chi connectivity index (χ1n) is 7.55. The fourth-order valence-electron chi connectivity index (χ4n) is 2.65. The number of carbonyl (C=O) groups excluding carboxylic acids is 1. The molecule has 1 aromatic heterocycles. The van der Waals surface area contributed by atoms with Gasteiger partial charge in [0.25, 0.3) is 5.91 Å². The van der Waals surface area contributed by atoms with Gasteiger partial charge in [-0.05, 0) is 23.8 Å². The van der Waals surface area contributed by atoms with Crippen molar-refractivity contribution in [2.45, 2.75) is 6.42 Å². The molecule has 0 radical (unpaired) electrons. The summed E-state index contributed by atoms with van der Waals surface area (Å²) < 4.78 is 0. The van der Waals surface area contributed by atoms with Crippen LogP contribution >= 0.6 is 0 Å². The Labute approximate surface area is 135 Å². The number of amides is 1. The molecule has 0 unspecified atom stereocenters. The molecule has 0 spiro atoms. The Morgan fingerprint density at radius 2 is 1.87 bits per heavy atom. The van der Waals surface area contributed by atoms with Crippen LogP contribution in [0.5, 0.6) is 0 Å². The summed E-state index contributed by atoms with van der Waals surface area (Å²) in [6.45, 7) is 2.71. The van der Waals surface area contributed by atoms with Gasteiger partial charge < -0.3 is 9.80 Å². The number of aromatic nitrogens is 2. The second-order valence-corrected chi connectivity index (χ2v) is 5.36. The minimum absolute atomic E-state index is 0.0124. The average molecular weight is 307 g/mol. The fraction of sp³-hybridized carbons (Fsp3) is 0.294. The van der Waals surface area contributed by atoms with Crippen molar-refractivity contribution < 1.29 is 4.79 Å². The third-order valence-corrected chi connectivity index (χ3v) is 3.86. The van der Waals surface area contributed by atoms with Crippen LogP contribution in [0, 0.1) is 11.3 Å². The Balaban J connectivity index is 1.64. The van der Waals surface area contributed by atoms with Gasteiger partial charge in [0.15, 0.2) is 0 Å². The van der Waals surface area contributed by atoms with Gasteiger partial charge in [-0.15, -0.1) is 0 Å². The molecule has 0 bridgehead atoms. The molecule has 0 aliphatic carbocycles. The summed E-state index contributed by atoms with van der Waals surface area (Å²) in [5, 5.41) is 8.77. The fourth-order valence-corrected chi connectivity index (χ4v) is 2.65. The van der Waals surface area contributed by atoms with Gasteiger partial charge in [0.05, 0.1) is 12.5 Å². The predicted octanol–water partition coefficient (Wildman–Crippen LogP) is 1.51. The summed E-state index contributed by atoms with van der Waals surface area (Å²) in [6.07, 6.45) is 3.77. The van der Waals surface area contributed by atoms with Crippen molar-refractivity contribution in [3.8, 4) is 6.07 Å². The Kier molecular flexibility index (Phi) is 4.48. The standard InChI is InChI=1S/C17H17N5O/c18-6-5-14-3-1-4-15(13-14)16(23)21-9-11-22(12-10-21)17-19-7-2-8-20-17/h1-4,7-8,13H,5,9-12H2.